The zero-order valence-electron chi connectivity index (χ0n) is 19.8. The van der Waals surface area contributed by atoms with Crippen LogP contribution in [0, 0.1) is 11.8 Å². The number of fused-ring (bicyclic) bond motifs is 4. The Kier molecular flexibility index (Phi) is 5.82. The van der Waals surface area contributed by atoms with E-state index in [2.05, 4.69) is 18.4 Å². The van der Waals surface area contributed by atoms with Crippen molar-refractivity contribution in [3.63, 3.8) is 0 Å². The van der Waals surface area contributed by atoms with Crippen molar-refractivity contribution in [2.45, 2.75) is 33.2 Å². The molecule has 1 aromatic heterocycles. The zero-order chi connectivity index (χ0) is 23.8. The molecular formula is C28H29N3O3. The Bertz CT molecular complexity index is 1370. The number of carbonyl (C=O) groups is 2. The lowest BCUT2D eigenvalue weighted by molar-refractivity contribution is -0.153. The SMILES string of the molecule is CCOC(=O)C1C(=O)N(CCC(C)C)c2nc3ccccc3n2C1c1cccc2ccccc12. The molecular weight excluding hydrogens is 426 g/mol. The Balaban J connectivity index is 1.80. The quantitative estimate of drug-likeness (QED) is 0.290. The van der Waals surface area contributed by atoms with Gasteiger partial charge in [-0.1, -0.05) is 68.4 Å². The fourth-order valence-corrected chi connectivity index (χ4v) is 4.93. The van der Waals surface area contributed by atoms with E-state index < -0.39 is 17.9 Å². The minimum atomic E-state index is -0.997. The molecule has 3 aromatic carbocycles. The fourth-order valence-electron chi connectivity index (χ4n) is 4.93. The predicted molar refractivity (Wildman–Crippen MR) is 134 cm³/mol. The fraction of sp³-hybridized carbons (Fsp3) is 0.321. The van der Waals surface area contributed by atoms with E-state index in [0.29, 0.717) is 18.4 Å². The molecule has 34 heavy (non-hydrogen) atoms. The summed E-state index contributed by atoms with van der Waals surface area (Å²) in [5, 5.41) is 2.07. The minimum Gasteiger partial charge on any atom is -0.465 e. The Morgan fingerprint density at radius 1 is 1.03 bits per heavy atom. The van der Waals surface area contributed by atoms with Crippen LogP contribution >= 0.6 is 0 Å². The van der Waals surface area contributed by atoms with Crippen molar-refractivity contribution in [2.75, 3.05) is 18.1 Å². The molecule has 0 spiro atoms. The maximum Gasteiger partial charge on any atom is 0.321 e. The number of aromatic nitrogens is 2. The first-order valence-corrected chi connectivity index (χ1v) is 11.9. The molecule has 2 heterocycles. The van der Waals surface area contributed by atoms with E-state index in [-0.39, 0.29) is 12.5 Å². The van der Waals surface area contributed by atoms with Gasteiger partial charge in [-0.05, 0) is 47.7 Å². The Morgan fingerprint density at radius 3 is 2.56 bits per heavy atom. The summed E-state index contributed by atoms with van der Waals surface area (Å²) in [7, 11) is 0. The van der Waals surface area contributed by atoms with Gasteiger partial charge in [0.15, 0.2) is 5.92 Å². The maximum atomic E-state index is 14.0. The average Bonchev–Trinajstić information content (AvgIpc) is 3.21. The van der Waals surface area contributed by atoms with E-state index in [1.54, 1.807) is 11.8 Å². The monoisotopic (exact) mass is 455 g/mol. The van der Waals surface area contributed by atoms with Gasteiger partial charge in [-0.15, -0.1) is 0 Å². The normalized spacial score (nSPS) is 18.0. The highest BCUT2D eigenvalue weighted by Gasteiger charge is 2.48. The molecule has 0 N–H and O–H groups in total. The summed E-state index contributed by atoms with van der Waals surface area (Å²) in [6, 6.07) is 21.4. The summed E-state index contributed by atoms with van der Waals surface area (Å²) in [4.78, 5) is 33.9. The van der Waals surface area contributed by atoms with Crippen LogP contribution < -0.4 is 4.90 Å². The number of carbonyl (C=O) groups excluding carboxylic acids is 2. The second kappa shape index (κ2) is 8.93. The van der Waals surface area contributed by atoms with E-state index in [0.717, 1.165) is 33.8 Å². The highest BCUT2D eigenvalue weighted by atomic mass is 16.5. The molecule has 0 aliphatic carbocycles. The third-order valence-electron chi connectivity index (χ3n) is 6.56. The highest BCUT2D eigenvalue weighted by Crippen LogP contribution is 2.43. The molecule has 1 amide bonds. The zero-order valence-corrected chi connectivity index (χ0v) is 19.8. The number of anilines is 1. The van der Waals surface area contributed by atoms with Crippen molar-refractivity contribution in [1.82, 2.24) is 9.55 Å². The van der Waals surface area contributed by atoms with Crippen LogP contribution in [0.1, 0.15) is 38.8 Å². The lowest BCUT2D eigenvalue weighted by atomic mass is 9.86. The van der Waals surface area contributed by atoms with Crippen molar-refractivity contribution >= 4 is 39.6 Å². The molecule has 0 bridgehead atoms. The first-order chi connectivity index (χ1) is 16.5. The molecule has 0 saturated carbocycles. The van der Waals surface area contributed by atoms with Gasteiger partial charge in [-0.25, -0.2) is 4.98 Å². The van der Waals surface area contributed by atoms with E-state index >= 15 is 0 Å². The van der Waals surface area contributed by atoms with Crippen LogP contribution in [0.25, 0.3) is 21.8 Å². The van der Waals surface area contributed by atoms with Crippen LogP contribution in [0.4, 0.5) is 5.95 Å². The Hall–Kier alpha value is -3.67. The molecule has 1 aliphatic rings. The summed E-state index contributed by atoms with van der Waals surface area (Å²) in [5.74, 6) is -0.751. The van der Waals surface area contributed by atoms with Crippen LogP contribution in [0.5, 0.6) is 0 Å². The molecule has 174 valence electrons. The van der Waals surface area contributed by atoms with Crippen molar-refractivity contribution in [2.24, 2.45) is 11.8 Å². The summed E-state index contributed by atoms with van der Waals surface area (Å²) >= 11 is 0. The number of ether oxygens (including phenoxy) is 1. The average molecular weight is 456 g/mol. The van der Waals surface area contributed by atoms with Gasteiger partial charge in [0.25, 0.3) is 0 Å². The van der Waals surface area contributed by atoms with Crippen LogP contribution in [-0.2, 0) is 14.3 Å². The number of para-hydroxylation sites is 2. The second-order valence-electron chi connectivity index (χ2n) is 9.19. The first kappa shape index (κ1) is 22.1. The predicted octanol–water partition coefficient (Wildman–Crippen LogP) is 5.35. The number of rotatable bonds is 6. The molecule has 0 fully saturated rings. The Labute approximate surface area is 199 Å². The molecule has 5 rings (SSSR count). The first-order valence-electron chi connectivity index (χ1n) is 11.9. The third-order valence-corrected chi connectivity index (χ3v) is 6.56. The van der Waals surface area contributed by atoms with Gasteiger partial charge in [0, 0.05) is 6.54 Å². The van der Waals surface area contributed by atoms with Crippen LogP contribution in [0.15, 0.2) is 66.7 Å². The molecule has 6 nitrogen and oxygen atoms in total. The second-order valence-corrected chi connectivity index (χ2v) is 9.19. The van der Waals surface area contributed by atoms with Gasteiger partial charge >= 0.3 is 5.97 Å². The van der Waals surface area contributed by atoms with Crippen molar-refractivity contribution in [1.29, 1.82) is 0 Å². The largest absolute Gasteiger partial charge is 0.465 e. The third kappa shape index (κ3) is 3.63. The number of benzene rings is 3. The number of hydrogen-bond donors (Lipinski definition) is 0. The van der Waals surface area contributed by atoms with Gasteiger partial charge in [-0.2, -0.15) is 0 Å². The molecule has 2 atom stereocenters. The van der Waals surface area contributed by atoms with Gasteiger partial charge in [0.2, 0.25) is 11.9 Å². The molecule has 0 saturated heterocycles. The maximum absolute atomic E-state index is 14.0. The summed E-state index contributed by atoms with van der Waals surface area (Å²) in [6.45, 7) is 6.73. The standard InChI is InChI=1S/C28H29N3O3/c1-4-34-27(33)24-25(21-13-9-11-19-10-5-6-12-20(19)21)31-23-15-8-7-14-22(23)29-28(31)30(26(24)32)17-16-18(2)3/h5-15,18,24-25H,4,16-17H2,1-3H3. The Morgan fingerprint density at radius 2 is 1.76 bits per heavy atom. The van der Waals surface area contributed by atoms with Gasteiger partial charge in [0.1, 0.15) is 0 Å². The summed E-state index contributed by atoms with van der Waals surface area (Å²) < 4.78 is 7.54. The van der Waals surface area contributed by atoms with Crippen LogP contribution in [0.2, 0.25) is 0 Å². The number of imidazole rings is 1. The number of amides is 1. The van der Waals surface area contributed by atoms with Gasteiger partial charge in [-0.3, -0.25) is 14.5 Å². The number of hydrogen-bond acceptors (Lipinski definition) is 4. The lowest BCUT2D eigenvalue weighted by Gasteiger charge is -2.38. The van der Waals surface area contributed by atoms with Crippen LogP contribution in [0.3, 0.4) is 0 Å². The number of esters is 1. The van der Waals surface area contributed by atoms with Crippen molar-refractivity contribution < 1.29 is 14.3 Å². The summed E-state index contributed by atoms with van der Waals surface area (Å²) in [6.07, 6.45) is 0.809. The van der Waals surface area contributed by atoms with E-state index in [4.69, 9.17) is 9.72 Å². The number of nitrogens with zero attached hydrogens (tertiary/aromatic N) is 3. The van der Waals surface area contributed by atoms with Crippen LogP contribution in [-0.4, -0.2) is 34.6 Å². The summed E-state index contributed by atoms with van der Waals surface area (Å²) in [5.41, 5.74) is 2.61. The van der Waals surface area contributed by atoms with E-state index in [1.165, 1.54) is 0 Å². The molecule has 6 heteroatoms. The molecule has 0 radical (unpaired) electrons. The van der Waals surface area contributed by atoms with E-state index in [1.807, 2.05) is 66.7 Å². The van der Waals surface area contributed by atoms with Gasteiger partial charge < -0.3 is 9.30 Å². The van der Waals surface area contributed by atoms with Crippen molar-refractivity contribution in [3.8, 4) is 0 Å². The molecule has 2 unspecified atom stereocenters. The molecule has 4 aromatic rings. The van der Waals surface area contributed by atoms with Crippen molar-refractivity contribution in [3.05, 3.63) is 72.3 Å². The topological polar surface area (TPSA) is 64.4 Å². The lowest BCUT2D eigenvalue weighted by Crippen LogP contribution is -2.50. The van der Waals surface area contributed by atoms with E-state index in [9.17, 15) is 9.59 Å². The molecule has 1 aliphatic heterocycles. The highest BCUT2D eigenvalue weighted by molar-refractivity contribution is 6.09. The smallest absolute Gasteiger partial charge is 0.321 e. The minimum absolute atomic E-state index is 0.217. The van der Waals surface area contributed by atoms with Gasteiger partial charge in [0.05, 0.1) is 23.7 Å².